The zero-order chi connectivity index (χ0) is 14.0. The highest BCUT2D eigenvalue weighted by Crippen LogP contribution is 2.71. The van der Waals surface area contributed by atoms with E-state index >= 15 is 0 Å². The summed E-state index contributed by atoms with van der Waals surface area (Å²) in [5, 5.41) is 9.77. The molecule has 6 bridgehead atoms. The van der Waals surface area contributed by atoms with E-state index in [-0.39, 0.29) is 0 Å². The van der Waals surface area contributed by atoms with Gasteiger partial charge in [0.2, 0.25) is 0 Å². The van der Waals surface area contributed by atoms with Crippen LogP contribution in [-0.4, -0.2) is 12.1 Å². The molecule has 3 fully saturated rings. The van der Waals surface area contributed by atoms with Crippen LogP contribution in [0.15, 0.2) is 46.6 Å². The first-order chi connectivity index (χ1) is 10.9. The van der Waals surface area contributed by atoms with Crippen molar-refractivity contribution in [2.24, 2.45) is 45.7 Å². The summed E-state index contributed by atoms with van der Waals surface area (Å²) in [6, 6.07) is 10.3. The van der Waals surface area contributed by atoms with Gasteiger partial charge in [-0.25, -0.2) is 0 Å². The maximum absolute atomic E-state index is 4.88. The number of benzene rings is 1. The van der Waals surface area contributed by atoms with Gasteiger partial charge in [0.15, 0.2) is 0 Å². The van der Waals surface area contributed by atoms with Crippen LogP contribution in [0.4, 0.5) is 0 Å². The number of hydrogen-bond acceptors (Lipinski definition) is 2. The maximum atomic E-state index is 4.88. The van der Waals surface area contributed by atoms with E-state index in [1.165, 1.54) is 12.8 Å². The molecule has 0 N–H and O–H groups in total. The average molecular weight is 288 g/mol. The fraction of sp³-hybridized carbons (Fsp3) is 0.600. The summed E-state index contributed by atoms with van der Waals surface area (Å²) in [6.07, 6.45) is 7.81. The molecule has 1 aromatic rings. The number of allylic oxidation sites excluding steroid dienone is 2. The minimum atomic E-state index is 0.531. The zero-order valence-corrected chi connectivity index (χ0v) is 12.5. The van der Waals surface area contributed by atoms with E-state index < -0.39 is 0 Å². The van der Waals surface area contributed by atoms with Crippen molar-refractivity contribution in [1.82, 2.24) is 0 Å². The monoisotopic (exact) mass is 288 g/mol. The Balaban J connectivity index is 1.42. The van der Waals surface area contributed by atoms with Crippen molar-refractivity contribution in [2.45, 2.75) is 36.8 Å². The fourth-order valence-corrected chi connectivity index (χ4v) is 7.75. The third-order valence-corrected chi connectivity index (χ3v) is 8.17. The molecule has 0 spiro atoms. The molecule has 1 aromatic carbocycles. The summed E-state index contributed by atoms with van der Waals surface area (Å²) in [5.74, 6) is 6.45. The topological polar surface area (TPSA) is 24.7 Å². The number of nitrogens with zero attached hydrogens (tertiary/aromatic N) is 2. The highest BCUT2D eigenvalue weighted by atomic mass is 15.2. The number of hydrogen-bond donors (Lipinski definition) is 0. The summed E-state index contributed by atoms with van der Waals surface area (Å²) in [6.45, 7) is 0. The average Bonchev–Trinajstić information content (AvgIpc) is 3.34. The lowest BCUT2D eigenvalue weighted by Crippen LogP contribution is -2.56. The van der Waals surface area contributed by atoms with Crippen LogP contribution in [0.25, 0.3) is 0 Å². The summed E-state index contributed by atoms with van der Waals surface area (Å²) in [7, 11) is 0. The fourth-order valence-electron chi connectivity index (χ4n) is 7.75. The van der Waals surface area contributed by atoms with Gasteiger partial charge < -0.3 is 0 Å². The molecule has 2 nitrogen and oxygen atoms in total. The van der Waals surface area contributed by atoms with Gasteiger partial charge in [-0.3, -0.25) is 0 Å². The SMILES string of the molecule is C1=CC2CC1C1C3N=NC(C21)C1C2CC(c4ccccc42)C31. The Morgan fingerprint density at radius 3 is 1.77 bits per heavy atom. The number of fused-ring (bicyclic) bond motifs is 7. The number of rotatable bonds is 0. The summed E-state index contributed by atoms with van der Waals surface area (Å²) in [4.78, 5) is 0. The van der Waals surface area contributed by atoms with Crippen LogP contribution in [0.5, 0.6) is 0 Å². The first-order valence-electron chi connectivity index (χ1n) is 9.09. The third kappa shape index (κ3) is 1.00. The van der Waals surface area contributed by atoms with E-state index in [0.29, 0.717) is 12.1 Å². The van der Waals surface area contributed by atoms with Gasteiger partial charge in [0, 0.05) is 0 Å². The molecule has 3 saturated carbocycles. The largest absolute Gasteiger partial charge is 0.190 e. The summed E-state index contributed by atoms with van der Waals surface area (Å²) in [5.41, 5.74) is 3.32. The quantitative estimate of drug-likeness (QED) is 0.640. The summed E-state index contributed by atoms with van der Waals surface area (Å²) >= 11 is 0. The van der Waals surface area contributed by atoms with Gasteiger partial charge >= 0.3 is 0 Å². The lowest BCUT2D eigenvalue weighted by Gasteiger charge is -2.54. The van der Waals surface area contributed by atoms with Crippen molar-refractivity contribution in [3.63, 3.8) is 0 Å². The smallest absolute Gasteiger partial charge is 0.0783 e. The maximum Gasteiger partial charge on any atom is 0.0783 e. The van der Waals surface area contributed by atoms with E-state index in [1.807, 2.05) is 0 Å². The molecule has 22 heavy (non-hydrogen) atoms. The Hall–Kier alpha value is -1.44. The van der Waals surface area contributed by atoms with Crippen LogP contribution < -0.4 is 0 Å². The highest BCUT2D eigenvalue weighted by Gasteiger charge is 2.68. The van der Waals surface area contributed by atoms with Crippen molar-refractivity contribution in [2.75, 3.05) is 0 Å². The highest BCUT2D eigenvalue weighted by molar-refractivity contribution is 5.45. The Morgan fingerprint density at radius 1 is 0.682 bits per heavy atom. The van der Waals surface area contributed by atoms with E-state index in [9.17, 15) is 0 Å². The van der Waals surface area contributed by atoms with Crippen LogP contribution in [-0.2, 0) is 0 Å². The zero-order valence-electron chi connectivity index (χ0n) is 12.5. The van der Waals surface area contributed by atoms with Crippen molar-refractivity contribution in [1.29, 1.82) is 0 Å². The van der Waals surface area contributed by atoms with Crippen molar-refractivity contribution in [3.8, 4) is 0 Å². The van der Waals surface area contributed by atoms with Crippen LogP contribution in [0.2, 0.25) is 0 Å². The Kier molecular flexibility index (Phi) is 1.72. The van der Waals surface area contributed by atoms with Crippen molar-refractivity contribution >= 4 is 0 Å². The number of azo groups is 1. The second-order valence-corrected chi connectivity index (χ2v) is 8.55. The Morgan fingerprint density at radius 2 is 1.23 bits per heavy atom. The first kappa shape index (κ1) is 11.2. The molecule has 10 atom stereocenters. The molecule has 0 radical (unpaired) electrons. The molecular weight excluding hydrogens is 268 g/mol. The molecule has 5 aliphatic carbocycles. The molecule has 0 aromatic heterocycles. The molecule has 0 saturated heterocycles. The minimum Gasteiger partial charge on any atom is -0.190 e. The lowest BCUT2D eigenvalue weighted by molar-refractivity contribution is 0.0190. The third-order valence-electron chi connectivity index (χ3n) is 8.17. The van der Waals surface area contributed by atoms with Gasteiger partial charge in [-0.2, -0.15) is 10.2 Å². The van der Waals surface area contributed by atoms with Gasteiger partial charge in [-0.05, 0) is 71.3 Å². The molecule has 110 valence electrons. The predicted molar refractivity (Wildman–Crippen MR) is 83.7 cm³/mol. The van der Waals surface area contributed by atoms with Crippen LogP contribution >= 0.6 is 0 Å². The van der Waals surface area contributed by atoms with Gasteiger partial charge in [0.25, 0.3) is 0 Å². The van der Waals surface area contributed by atoms with E-state index in [4.69, 9.17) is 10.2 Å². The lowest BCUT2D eigenvalue weighted by atomic mass is 9.55. The molecule has 0 amide bonds. The van der Waals surface area contributed by atoms with E-state index in [1.54, 1.807) is 11.1 Å². The molecule has 8 rings (SSSR count). The van der Waals surface area contributed by atoms with Crippen LogP contribution in [0, 0.1) is 35.5 Å². The summed E-state index contributed by atoms with van der Waals surface area (Å²) < 4.78 is 0. The van der Waals surface area contributed by atoms with Crippen molar-refractivity contribution in [3.05, 3.63) is 47.5 Å². The van der Waals surface area contributed by atoms with Crippen molar-refractivity contribution < 1.29 is 0 Å². The van der Waals surface area contributed by atoms with Gasteiger partial charge in [-0.15, -0.1) is 0 Å². The second-order valence-electron chi connectivity index (χ2n) is 8.55. The van der Waals surface area contributed by atoms with E-state index in [2.05, 4.69) is 36.4 Å². The molecule has 7 aliphatic rings. The van der Waals surface area contributed by atoms with E-state index in [0.717, 1.165) is 47.3 Å². The Bertz CT molecular complexity index is 691. The van der Waals surface area contributed by atoms with Crippen LogP contribution in [0.3, 0.4) is 0 Å². The first-order valence-corrected chi connectivity index (χ1v) is 9.09. The Labute approximate surface area is 130 Å². The molecule has 10 unspecified atom stereocenters. The second kappa shape index (κ2) is 3.39. The minimum absolute atomic E-state index is 0.531. The van der Waals surface area contributed by atoms with Crippen LogP contribution in [0.1, 0.15) is 35.8 Å². The molecule has 2 heterocycles. The predicted octanol–water partition coefficient (Wildman–Crippen LogP) is 4.16. The van der Waals surface area contributed by atoms with Gasteiger partial charge in [0.1, 0.15) is 0 Å². The molecular formula is C20H20N2. The molecule has 2 aliphatic heterocycles. The normalized spacial score (nSPS) is 57.3. The van der Waals surface area contributed by atoms with Gasteiger partial charge in [-0.1, -0.05) is 36.4 Å². The molecule has 2 heteroatoms. The van der Waals surface area contributed by atoms with Gasteiger partial charge in [0.05, 0.1) is 12.1 Å². The standard InChI is InChI=1S/C20H20N2/c1-2-4-12-11(3-1)13-8-14(12)18-17(13)19-15-9-5-6-10(7-9)16(15)20(18)22-21-19/h1-6,9-10,13-20H,7-8H2.